The second-order valence-corrected chi connectivity index (χ2v) is 5.63. The van der Waals surface area contributed by atoms with Crippen LogP contribution < -0.4 is 11.1 Å². The first-order valence-corrected chi connectivity index (χ1v) is 7.00. The van der Waals surface area contributed by atoms with Crippen LogP contribution in [0.2, 0.25) is 0 Å². The van der Waals surface area contributed by atoms with Crippen LogP contribution in [0.5, 0.6) is 0 Å². The molecule has 0 aliphatic heterocycles. The summed E-state index contributed by atoms with van der Waals surface area (Å²) in [6.07, 6.45) is 2.28. The van der Waals surface area contributed by atoms with E-state index in [1.807, 2.05) is 0 Å². The van der Waals surface area contributed by atoms with E-state index in [1.54, 1.807) is 18.2 Å². The summed E-state index contributed by atoms with van der Waals surface area (Å²) in [6.45, 7) is 0. The Bertz CT molecular complexity index is 679. The Balaban J connectivity index is 1.74. The zero-order valence-electron chi connectivity index (χ0n) is 10.5. The Hall–Kier alpha value is -2.28. The highest BCUT2D eigenvalue weighted by atomic mass is 32.1. The van der Waals surface area contributed by atoms with Crippen molar-refractivity contribution in [2.45, 2.75) is 18.8 Å². The van der Waals surface area contributed by atoms with Crippen molar-refractivity contribution in [2.75, 3.05) is 5.32 Å². The second-order valence-electron chi connectivity index (χ2n) is 4.62. The van der Waals surface area contributed by atoms with Crippen molar-refractivity contribution in [1.29, 1.82) is 0 Å². The third-order valence-corrected chi connectivity index (χ3v) is 4.00. The number of primary amides is 1. The highest BCUT2D eigenvalue weighted by Crippen LogP contribution is 2.42. The molecule has 102 valence electrons. The van der Waals surface area contributed by atoms with Crippen molar-refractivity contribution >= 4 is 28.3 Å². The van der Waals surface area contributed by atoms with Gasteiger partial charge in [-0.25, -0.2) is 0 Å². The predicted molar refractivity (Wildman–Crippen MR) is 74.8 cm³/mol. The van der Waals surface area contributed by atoms with Gasteiger partial charge in [0.2, 0.25) is 11.0 Å². The van der Waals surface area contributed by atoms with Gasteiger partial charge < -0.3 is 5.73 Å². The average molecular weight is 288 g/mol. The number of nitrogens with two attached hydrogens (primary N) is 1. The third kappa shape index (κ3) is 2.67. The van der Waals surface area contributed by atoms with E-state index in [2.05, 4.69) is 15.5 Å². The number of nitrogens with zero attached hydrogens (tertiary/aromatic N) is 2. The van der Waals surface area contributed by atoms with Gasteiger partial charge in [0.15, 0.2) is 0 Å². The predicted octanol–water partition coefficient (Wildman–Crippen LogP) is 1.77. The van der Waals surface area contributed by atoms with Crippen molar-refractivity contribution in [3.05, 3.63) is 40.4 Å². The summed E-state index contributed by atoms with van der Waals surface area (Å²) in [5.74, 6) is -0.380. The lowest BCUT2D eigenvalue weighted by atomic mass is 10.1. The maximum Gasteiger partial charge on any atom is 0.257 e. The lowest BCUT2D eigenvalue weighted by Gasteiger charge is -2.02. The van der Waals surface area contributed by atoms with Crippen LogP contribution in [0.25, 0.3) is 0 Å². The highest BCUT2D eigenvalue weighted by Gasteiger charge is 2.27. The number of amides is 2. The minimum absolute atomic E-state index is 0.300. The molecule has 1 fully saturated rings. The second kappa shape index (κ2) is 5.01. The molecule has 0 radical (unpaired) electrons. The molecule has 0 spiro atoms. The van der Waals surface area contributed by atoms with E-state index >= 15 is 0 Å². The van der Waals surface area contributed by atoms with Crippen LogP contribution in [0, 0.1) is 0 Å². The number of aromatic nitrogens is 2. The first-order chi connectivity index (χ1) is 9.63. The van der Waals surface area contributed by atoms with E-state index in [0.29, 0.717) is 22.2 Å². The van der Waals surface area contributed by atoms with Gasteiger partial charge in [0, 0.05) is 17.0 Å². The molecule has 1 aliphatic carbocycles. The van der Waals surface area contributed by atoms with E-state index in [0.717, 1.165) is 17.8 Å². The molecule has 7 heteroatoms. The van der Waals surface area contributed by atoms with Gasteiger partial charge >= 0.3 is 0 Å². The smallest absolute Gasteiger partial charge is 0.257 e. The molecule has 6 nitrogen and oxygen atoms in total. The molecule has 20 heavy (non-hydrogen) atoms. The maximum atomic E-state index is 12.1. The Labute approximate surface area is 119 Å². The van der Waals surface area contributed by atoms with E-state index in [1.165, 1.54) is 17.4 Å². The molecule has 1 heterocycles. The van der Waals surface area contributed by atoms with Gasteiger partial charge in [-0.2, -0.15) is 0 Å². The summed E-state index contributed by atoms with van der Waals surface area (Å²) in [6, 6.07) is 6.26. The van der Waals surface area contributed by atoms with Crippen LogP contribution in [-0.2, 0) is 0 Å². The van der Waals surface area contributed by atoms with Gasteiger partial charge in [-0.15, -0.1) is 10.2 Å². The molecule has 0 unspecified atom stereocenters. The molecule has 0 saturated heterocycles. The van der Waals surface area contributed by atoms with Crippen molar-refractivity contribution in [3.8, 4) is 0 Å². The van der Waals surface area contributed by atoms with E-state index in [-0.39, 0.29) is 5.91 Å². The van der Waals surface area contributed by atoms with Crippen LogP contribution in [0.3, 0.4) is 0 Å². The number of rotatable bonds is 4. The molecule has 3 N–H and O–H groups in total. The van der Waals surface area contributed by atoms with Gasteiger partial charge in [-0.3, -0.25) is 14.9 Å². The number of carbonyl (C=O) groups is 2. The number of nitrogens with one attached hydrogen (secondary N) is 1. The molecule has 2 amide bonds. The molecule has 3 rings (SSSR count). The average Bonchev–Trinajstić information content (AvgIpc) is 3.20. The summed E-state index contributed by atoms with van der Waals surface area (Å²) >= 11 is 1.39. The fourth-order valence-electron chi connectivity index (χ4n) is 1.76. The van der Waals surface area contributed by atoms with Crippen molar-refractivity contribution in [3.63, 3.8) is 0 Å². The largest absolute Gasteiger partial charge is 0.366 e. The lowest BCUT2D eigenvalue weighted by Crippen LogP contribution is -2.15. The van der Waals surface area contributed by atoms with E-state index < -0.39 is 5.91 Å². The Morgan fingerprint density at radius 1 is 1.25 bits per heavy atom. The number of anilines is 1. The Morgan fingerprint density at radius 3 is 2.70 bits per heavy atom. The summed E-state index contributed by atoms with van der Waals surface area (Å²) in [5.41, 5.74) is 5.85. The van der Waals surface area contributed by atoms with Gasteiger partial charge in [0.1, 0.15) is 5.01 Å². The van der Waals surface area contributed by atoms with E-state index in [9.17, 15) is 9.59 Å². The zero-order chi connectivity index (χ0) is 14.1. The third-order valence-electron chi connectivity index (χ3n) is 3.00. The Kier molecular flexibility index (Phi) is 3.19. The van der Waals surface area contributed by atoms with Gasteiger partial charge in [-0.1, -0.05) is 17.4 Å². The first kappa shape index (κ1) is 12.7. The molecular weight excluding hydrogens is 276 g/mol. The lowest BCUT2D eigenvalue weighted by molar-refractivity contribution is 0.1000. The minimum atomic E-state index is -0.563. The van der Waals surface area contributed by atoms with Crippen LogP contribution in [0.4, 0.5) is 5.13 Å². The molecule has 2 aromatic rings. The van der Waals surface area contributed by atoms with Crippen LogP contribution >= 0.6 is 11.3 Å². The first-order valence-electron chi connectivity index (χ1n) is 6.18. The molecule has 1 aromatic heterocycles. The van der Waals surface area contributed by atoms with Crippen molar-refractivity contribution in [2.24, 2.45) is 5.73 Å². The zero-order valence-corrected chi connectivity index (χ0v) is 11.3. The van der Waals surface area contributed by atoms with Crippen molar-refractivity contribution < 1.29 is 9.59 Å². The number of benzene rings is 1. The van der Waals surface area contributed by atoms with E-state index in [4.69, 9.17) is 5.73 Å². The molecule has 1 aromatic carbocycles. The number of hydrogen-bond acceptors (Lipinski definition) is 5. The molecule has 0 bridgehead atoms. The van der Waals surface area contributed by atoms with Crippen LogP contribution in [0.1, 0.15) is 44.5 Å². The normalized spacial score (nSPS) is 14.0. The monoisotopic (exact) mass is 288 g/mol. The fourth-order valence-corrected chi connectivity index (χ4v) is 2.67. The molecule has 0 atom stereocenters. The highest BCUT2D eigenvalue weighted by molar-refractivity contribution is 7.15. The summed E-state index contributed by atoms with van der Waals surface area (Å²) < 4.78 is 0. The van der Waals surface area contributed by atoms with Crippen LogP contribution in [0.15, 0.2) is 24.3 Å². The Morgan fingerprint density at radius 2 is 2.00 bits per heavy atom. The minimum Gasteiger partial charge on any atom is -0.366 e. The quantitative estimate of drug-likeness (QED) is 0.895. The number of hydrogen-bond donors (Lipinski definition) is 2. The van der Waals surface area contributed by atoms with Gasteiger partial charge in [0.25, 0.3) is 5.91 Å². The van der Waals surface area contributed by atoms with Gasteiger partial charge in [-0.05, 0) is 31.0 Å². The van der Waals surface area contributed by atoms with Crippen molar-refractivity contribution in [1.82, 2.24) is 10.2 Å². The molecular formula is C13H12N4O2S. The molecule has 1 aliphatic rings. The fraction of sp³-hybridized carbons (Fsp3) is 0.231. The summed E-state index contributed by atoms with van der Waals surface area (Å²) in [7, 11) is 0. The van der Waals surface area contributed by atoms with Gasteiger partial charge in [0.05, 0.1) is 0 Å². The SMILES string of the molecule is NC(=O)c1cccc(C(=O)Nc2nnc(C3CC3)s2)c1. The topological polar surface area (TPSA) is 98.0 Å². The van der Waals surface area contributed by atoms with Crippen LogP contribution in [-0.4, -0.2) is 22.0 Å². The standard InChI is InChI=1S/C13H12N4O2S/c14-10(18)8-2-1-3-9(6-8)11(19)15-13-17-16-12(20-13)7-4-5-7/h1-3,6-7H,4-5H2,(H2,14,18)(H,15,17,19). The maximum absolute atomic E-state index is 12.1. The number of carbonyl (C=O) groups excluding carboxylic acids is 2. The summed E-state index contributed by atoms with van der Waals surface area (Å²) in [5, 5.41) is 12.1. The summed E-state index contributed by atoms with van der Waals surface area (Å²) in [4.78, 5) is 23.1. The molecule has 1 saturated carbocycles.